The molecule has 0 spiro atoms. The molecule has 134 valence electrons. The molecule has 0 bridgehead atoms. The van der Waals surface area contributed by atoms with Gasteiger partial charge in [0.1, 0.15) is 17.9 Å². The molecule has 1 aliphatic rings. The van der Waals surface area contributed by atoms with Gasteiger partial charge in [-0.1, -0.05) is 18.5 Å². The molecule has 1 amide bonds. The van der Waals surface area contributed by atoms with Crippen molar-refractivity contribution in [3.8, 4) is 0 Å². The van der Waals surface area contributed by atoms with Crippen LogP contribution in [0.5, 0.6) is 0 Å². The number of β-lactam (4-membered cyclic amide) rings is 1. The second-order valence-electron chi connectivity index (χ2n) is 5.23. The number of likely N-dealkylation sites (tertiary alicyclic amines) is 1. The molecule has 1 saturated heterocycles. The third-order valence-electron chi connectivity index (χ3n) is 3.67. The second kappa shape index (κ2) is 7.98. The monoisotopic (exact) mass is 368 g/mol. The van der Waals surface area contributed by atoms with Gasteiger partial charge in [-0.2, -0.15) is 0 Å². The Labute approximate surface area is 149 Å². The fourth-order valence-electron chi connectivity index (χ4n) is 2.33. The van der Waals surface area contributed by atoms with Crippen molar-refractivity contribution in [1.29, 1.82) is 0 Å². The molecular weight excluding hydrogens is 352 g/mol. The summed E-state index contributed by atoms with van der Waals surface area (Å²) in [4.78, 5) is 35.5. The van der Waals surface area contributed by atoms with E-state index in [2.05, 4.69) is 0 Å². The summed E-state index contributed by atoms with van der Waals surface area (Å²) in [6.07, 6.45) is 0.521. The molecule has 1 aromatic rings. The van der Waals surface area contributed by atoms with Gasteiger partial charge in [0.2, 0.25) is 5.91 Å². The first kappa shape index (κ1) is 18.7. The first-order valence-corrected chi connectivity index (χ1v) is 7.96. The van der Waals surface area contributed by atoms with Gasteiger partial charge in [0.25, 0.3) is 5.69 Å². The normalized spacial score (nSPS) is 17.5. The number of benzene rings is 1. The number of carbonyl (C=O) groups is 2. The molecular formula is C16H17ClN2O6. The van der Waals surface area contributed by atoms with E-state index in [0.29, 0.717) is 17.7 Å². The van der Waals surface area contributed by atoms with Gasteiger partial charge in [-0.25, -0.2) is 4.79 Å². The number of esters is 1. The van der Waals surface area contributed by atoms with Crippen molar-refractivity contribution >= 4 is 29.2 Å². The Morgan fingerprint density at radius 2 is 2.04 bits per heavy atom. The molecule has 25 heavy (non-hydrogen) atoms. The predicted octanol–water partition coefficient (Wildman–Crippen LogP) is 2.70. The molecule has 1 fully saturated rings. The van der Waals surface area contributed by atoms with Crippen LogP contribution in [0.3, 0.4) is 0 Å². The number of carbonyl (C=O) groups excluding carboxylic acids is 2. The van der Waals surface area contributed by atoms with E-state index in [1.807, 2.05) is 0 Å². The highest BCUT2D eigenvalue weighted by molar-refractivity contribution is 6.25. The number of rotatable bonds is 7. The summed E-state index contributed by atoms with van der Waals surface area (Å²) in [5, 5.41) is 10.6. The van der Waals surface area contributed by atoms with Crippen LogP contribution in [0, 0.1) is 10.1 Å². The molecule has 1 aromatic carbocycles. The quantitative estimate of drug-likeness (QED) is 0.107. The maximum absolute atomic E-state index is 12.5. The smallest absolute Gasteiger partial charge is 0.358 e. The van der Waals surface area contributed by atoms with Crippen LogP contribution < -0.4 is 0 Å². The van der Waals surface area contributed by atoms with E-state index in [-0.39, 0.29) is 30.3 Å². The Morgan fingerprint density at radius 1 is 1.40 bits per heavy atom. The minimum atomic E-state index is -0.740. The Bertz CT molecular complexity index is 710. The Kier molecular flexibility index (Phi) is 5.97. The summed E-state index contributed by atoms with van der Waals surface area (Å²) in [6.45, 7) is 1.67. The topological polar surface area (TPSA) is 99.0 Å². The number of hydrogen-bond acceptors (Lipinski definition) is 6. The lowest BCUT2D eigenvalue weighted by Gasteiger charge is -2.37. The maximum Gasteiger partial charge on any atom is 0.358 e. The van der Waals surface area contributed by atoms with Crippen molar-refractivity contribution in [3.05, 3.63) is 51.4 Å². The van der Waals surface area contributed by atoms with Crippen LogP contribution in [0.4, 0.5) is 5.69 Å². The molecule has 0 saturated carbocycles. The Hall–Kier alpha value is -2.61. The fraction of sp³-hybridized carbons (Fsp3) is 0.375. The molecule has 1 heterocycles. The zero-order chi connectivity index (χ0) is 18.6. The lowest BCUT2D eigenvalue weighted by atomic mass is 10.1. The maximum atomic E-state index is 12.5. The highest BCUT2D eigenvalue weighted by Gasteiger charge is 2.42. The molecule has 0 aliphatic carbocycles. The number of nitro benzene ring substituents is 1. The average Bonchev–Trinajstić information content (AvgIpc) is 2.60. The average molecular weight is 369 g/mol. The van der Waals surface area contributed by atoms with E-state index in [4.69, 9.17) is 21.1 Å². The number of nitrogens with zero attached hydrogens (tertiary/aromatic N) is 2. The summed E-state index contributed by atoms with van der Waals surface area (Å²) >= 11 is 6.01. The van der Waals surface area contributed by atoms with Crippen molar-refractivity contribution in [1.82, 2.24) is 4.90 Å². The van der Waals surface area contributed by atoms with Crippen LogP contribution in [0.25, 0.3) is 0 Å². The Morgan fingerprint density at radius 3 is 2.48 bits per heavy atom. The van der Waals surface area contributed by atoms with Gasteiger partial charge >= 0.3 is 5.97 Å². The van der Waals surface area contributed by atoms with E-state index < -0.39 is 16.4 Å². The molecule has 1 unspecified atom stereocenters. The van der Waals surface area contributed by atoms with E-state index in [1.165, 1.54) is 31.4 Å². The number of non-ortho nitro benzene ring substituents is 1. The van der Waals surface area contributed by atoms with E-state index in [1.54, 1.807) is 6.92 Å². The number of nitro groups is 1. The van der Waals surface area contributed by atoms with Crippen LogP contribution in [0.15, 0.2) is 35.7 Å². The molecule has 2 rings (SSSR count). The van der Waals surface area contributed by atoms with Crippen molar-refractivity contribution in [2.24, 2.45) is 0 Å². The molecule has 1 atom stereocenters. The largest absolute Gasteiger partial charge is 0.499 e. The number of ether oxygens (including phenoxy) is 2. The first-order chi connectivity index (χ1) is 11.9. The van der Waals surface area contributed by atoms with Crippen LogP contribution in [0.1, 0.15) is 25.3 Å². The van der Waals surface area contributed by atoms with Gasteiger partial charge < -0.3 is 9.47 Å². The second-order valence-corrected chi connectivity index (χ2v) is 5.74. The van der Waals surface area contributed by atoms with Crippen molar-refractivity contribution < 1.29 is 24.0 Å². The molecule has 1 aliphatic heterocycles. The van der Waals surface area contributed by atoms with Crippen LogP contribution in [-0.4, -0.2) is 34.3 Å². The standard InChI is InChI=1S/C16H17ClN2O6/c1-3-12(24-2)15(18-13(17)8-14(18)20)16(21)25-9-10-4-6-11(7-5-10)19(22)23/h4-7,13H,3,8-9H2,1-2H3. The SMILES string of the molecule is CCC(OC)=C(C(=O)OCc1ccc([N+](=O)[O-])cc1)N1C(=O)CC1Cl. The predicted molar refractivity (Wildman–Crippen MR) is 88.3 cm³/mol. The van der Waals surface area contributed by atoms with Gasteiger partial charge in [0, 0.05) is 18.6 Å². The molecule has 8 nitrogen and oxygen atoms in total. The van der Waals surface area contributed by atoms with Gasteiger partial charge in [-0.15, -0.1) is 0 Å². The van der Waals surface area contributed by atoms with Gasteiger partial charge in [-0.3, -0.25) is 19.8 Å². The highest BCUT2D eigenvalue weighted by atomic mass is 35.5. The van der Waals surface area contributed by atoms with E-state index >= 15 is 0 Å². The summed E-state index contributed by atoms with van der Waals surface area (Å²) in [6, 6.07) is 5.62. The van der Waals surface area contributed by atoms with Gasteiger partial charge in [-0.05, 0) is 17.7 Å². The number of amides is 1. The number of halogens is 1. The summed E-state index contributed by atoms with van der Waals surface area (Å²) in [5.41, 5.74) is -0.111. The van der Waals surface area contributed by atoms with Crippen molar-refractivity contribution in [2.75, 3.05) is 7.11 Å². The summed E-state index contributed by atoms with van der Waals surface area (Å²) < 4.78 is 10.4. The number of methoxy groups -OCH3 is 1. The third-order valence-corrected chi connectivity index (χ3v) is 4.02. The first-order valence-electron chi connectivity index (χ1n) is 7.52. The van der Waals surface area contributed by atoms with E-state index in [0.717, 1.165) is 4.90 Å². The molecule has 0 radical (unpaired) electrons. The number of hydrogen-bond donors (Lipinski definition) is 0. The minimum Gasteiger partial charge on any atom is -0.499 e. The summed E-state index contributed by atoms with van der Waals surface area (Å²) in [7, 11) is 1.40. The van der Waals surface area contributed by atoms with E-state index in [9.17, 15) is 19.7 Å². The lowest BCUT2D eigenvalue weighted by Crippen LogP contribution is -2.51. The van der Waals surface area contributed by atoms with Crippen molar-refractivity contribution in [3.63, 3.8) is 0 Å². The van der Waals surface area contributed by atoms with Crippen LogP contribution >= 0.6 is 11.6 Å². The molecule has 0 N–H and O–H groups in total. The van der Waals surface area contributed by atoms with Crippen LogP contribution in [0.2, 0.25) is 0 Å². The highest BCUT2D eigenvalue weighted by Crippen LogP contribution is 2.31. The van der Waals surface area contributed by atoms with Gasteiger partial charge in [0.15, 0.2) is 5.70 Å². The molecule has 9 heteroatoms. The fourth-order valence-corrected chi connectivity index (χ4v) is 2.67. The van der Waals surface area contributed by atoms with Crippen molar-refractivity contribution in [2.45, 2.75) is 31.9 Å². The number of alkyl halides is 1. The van der Waals surface area contributed by atoms with Gasteiger partial charge in [0.05, 0.1) is 18.5 Å². The lowest BCUT2D eigenvalue weighted by molar-refractivity contribution is -0.384. The summed E-state index contributed by atoms with van der Waals surface area (Å²) in [5.74, 6) is -0.728. The molecule has 0 aromatic heterocycles. The minimum absolute atomic E-state index is 0.0110. The number of allylic oxidation sites excluding steroid dienone is 1. The third kappa shape index (κ3) is 4.08. The van der Waals surface area contributed by atoms with Crippen LogP contribution in [-0.2, 0) is 25.7 Å². The zero-order valence-corrected chi connectivity index (χ0v) is 14.5. The Balaban J connectivity index is 2.13. The zero-order valence-electron chi connectivity index (χ0n) is 13.7.